The fourth-order valence-electron chi connectivity index (χ4n) is 6.71. The van der Waals surface area contributed by atoms with E-state index in [9.17, 15) is 4.39 Å². The highest BCUT2D eigenvalue weighted by molar-refractivity contribution is 5.98. The van der Waals surface area contributed by atoms with Crippen LogP contribution >= 0.6 is 0 Å². The number of nitrogens with one attached hydrogen (secondary N) is 4. The Hall–Kier alpha value is -4.67. The van der Waals surface area contributed by atoms with Crippen molar-refractivity contribution >= 4 is 27.6 Å². The number of halogens is 2. The van der Waals surface area contributed by atoms with Crippen LogP contribution in [0.25, 0.3) is 55.8 Å². The molecule has 0 unspecified atom stereocenters. The number of benzene rings is 3. The van der Waals surface area contributed by atoms with Gasteiger partial charge < -0.3 is 20.5 Å². The molecule has 3 aromatic heterocycles. The Morgan fingerprint density at radius 1 is 0.936 bits per heavy atom. The normalized spacial score (nSPS) is 13.8. The molecule has 0 amide bonds. The molecule has 0 aliphatic heterocycles. The maximum Gasteiger partial charge on any atom is 0.159 e. The number of hydrogen-bond donors (Lipinski definition) is 4. The molecule has 1 aliphatic rings. The number of imidazole rings is 1. The van der Waals surface area contributed by atoms with Crippen LogP contribution in [-0.2, 0) is 6.54 Å². The summed E-state index contributed by atoms with van der Waals surface area (Å²) >= 11 is 0. The molecule has 6 aromatic rings. The van der Waals surface area contributed by atoms with Gasteiger partial charge in [0.25, 0.3) is 0 Å². The standard InChI is InChI=1S/C37H40F2N8/c1-22-12-24(21-40-20-23-6-4-5-7-23)14-25(13-22)29-18-30-33(19-31(29)39)45-46-35(30)37-43-32-8-9-42-34(36(32)44-37)26-15-27(38)17-28(16-26)41-10-11-47(2)3/h8-9,12-19,23,40-41H,4-7,10-11,20-21H2,1-3H3,(H,43,44)(H,45,46). The second kappa shape index (κ2) is 13.2. The molecule has 0 bridgehead atoms. The zero-order chi connectivity index (χ0) is 32.5. The summed E-state index contributed by atoms with van der Waals surface area (Å²) in [6.07, 6.45) is 6.93. The molecule has 10 heteroatoms. The number of anilines is 1. The zero-order valence-electron chi connectivity index (χ0n) is 27.1. The number of likely N-dealkylation sites (N-methyl/N-ethyl adjacent to an activating group) is 1. The molecule has 0 spiro atoms. The van der Waals surface area contributed by atoms with Gasteiger partial charge >= 0.3 is 0 Å². The number of aromatic amines is 2. The van der Waals surface area contributed by atoms with Crippen molar-refractivity contribution in [2.75, 3.05) is 39.0 Å². The van der Waals surface area contributed by atoms with E-state index in [2.05, 4.69) is 47.8 Å². The molecule has 47 heavy (non-hydrogen) atoms. The van der Waals surface area contributed by atoms with Gasteiger partial charge in [-0.3, -0.25) is 10.1 Å². The van der Waals surface area contributed by atoms with Crippen molar-refractivity contribution in [1.29, 1.82) is 0 Å². The van der Waals surface area contributed by atoms with E-state index in [1.54, 1.807) is 6.20 Å². The van der Waals surface area contributed by atoms with Crippen molar-refractivity contribution in [3.63, 3.8) is 0 Å². The molecule has 1 saturated carbocycles. The van der Waals surface area contributed by atoms with Gasteiger partial charge in [-0.25, -0.2) is 13.8 Å². The molecule has 0 radical (unpaired) electrons. The minimum absolute atomic E-state index is 0.319. The Kier molecular flexibility index (Phi) is 8.70. The first-order chi connectivity index (χ1) is 22.8. The molecule has 0 saturated heterocycles. The van der Waals surface area contributed by atoms with E-state index in [4.69, 9.17) is 4.98 Å². The molecule has 3 heterocycles. The smallest absolute Gasteiger partial charge is 0.159 e. The van der Waals surface area contributed by atoms with Gasteiger partial charge in [0.1, 0.15) is 22.8 Å². The van der Waals surface area contributed by atoms with Crippen molar-refractivity contribution in [1.82, 2.24) is 35.4 Å². The molecule has 242 valence electrons. The van der Waals surface area contributed by atoms with E-state index in [1.807, 2.05) is 45.3 Å². The van der Waals surface area contributed by atoms with E-state index in [-0.39, 0.29) is 11.6 Å². The average Bonchev–Trinajstić information content (AvgIpc) is 3.79. The van der Waals surface area contributed by atoms with Crippen LogP contribution in [-0.4, -0.2) is 63.8 Å². The minimum atomic E-state index is -0.360. The van der Waals surface area contributed by atoms with Crippen LogP contribution in [0.4, 0.5) is 14.5 Å². The van der Waals surface area contributed by atoms with Crippen molar-refractivity contribution in [3.8, 4) is 33.9 Å². The summed E-state index contributed by atoms with van der Waals surface area (Å²) in [5.74, 6) is 0.589. The van der Waals surface area contributed by atoms with Crippen LogP contribution in [0.2, 0.25) is 0 Å². The predicted octanol–water partition coefficient (Wildman–Crippen LogP) is 7.68. The van der Waals surface area contributed by atoms with Crippen LogP contribution in [0.3, 0.4) is 0 Å². The predicted molar refractivity (Wildman–Crippen MR) is 185 cm³/mol. The summed E-state index contributed by atoms with van der Waals surface area (Å²) < 4.78 is 30.3. The summed E-state index contributed by atoms with van der Waals surface area (Å²) in [5.41, 5.74) is 7.87. The van der Waals surface area contributed by atoms with E-state index in [1.165, 1.54) is 43.9 Å². The fourth-order valence-corrected chi connectivity index (χ4v) is 6.71. The Labute approximate surface area is 273 Å². The second-order valence-corrected chi connectivity index (χ2v) is 13.0. The molecular weight excluding hydrogens is 594 g/mol. The number of pyridine rings is 1. The largest absolute Gasteiger partial charge is 0.384 e. The molecule has 3 aromatic carbocycles. The van der Waals surface area contributed by atoms with Crippen molar-refractivity contribution in [2.24, 2.45) is 5.92 Å². The lowest BCUT2D eigenvalue weighted by molar-refractivity contribution is 0.425. The number of hydrogen-bond acceptors (Lipinski definition) is 6. The fraction of sp³-hybridized carbons (Fsp3) is 0.324. The van der Waals surface area contributed by atoms with Gasteiger partial charge in [0.15, 0.2) is 5.82 Å². The van der Waals surface area contributed by atoms with E-state index in [0.717, 1.165) is 53.1 Å². The number of nitrogens with zero attached hydrogens (tertiary/aromatic N) is 4. The highest BCUT2D eigenvalue weighted by Crippen LogP contribution is 2.35. The van der Waals surface area contributed by atoms with Crippen LogP contribution in [0.5, 0.6) is 0 Å². The SMILES string of the molecule is Cc1cc(CNCC2CCCC2)cc(-c2cc3c(-c4nc5c(-c6cc(F)cc(NCCN(C)C)c6)nccc5[nH]4)n[nH]c3cc2F)c1. The number of rotatable bonds is 11. The van der Waals surface area contributed by atoms with Crippen molar-refractivity contribution in [2.45, 2.75) is 39.2 Å². The van der Waals surface area contributed by atoms with Crippen molar-refractivity contribution < 1.29 is 8.78 Å². The van der Waals surface area contributed by atoms with Crippen LogP contribution < -0.4 is 10.6 Å². The summed E-state index contributed by atoms with van der Waals surface area (Å²) in [4.78, 5) is 14.9. The number of H-pyrrole nitrogens is 2. The van der Waals surface area contributed by atoms with Gasteiger partial charge in [-0.15, -0.1) is 0 Å². The molecule has 4 N–H and O–H groups in total. The lowest BCUT2D eigenvalue weighted by Gasteiger charge is -2.13. The van der Waals surface area contributed by atoms with E-state index < -0.39 is 0 Å². The monoisotopic (exact) mass is 634 g/mol. The topological polar surface area (TPSA) is 97.6 Å². The van der Waals surface area contributed by atoms with Gasteiger partial charge in [-0.05, 0) is 93.8 Å². The first-order valence-corrected chi connectivity index (χ1v) is 16.3. The number of fused-ring (bicyclic) bond motifs is 2. The lowest BCUT2D eigenvalue weighted by Crippen LogP contribution is -2.20. The summed E-state index contributed by atoms with van der Waals surface area (Å²) in [6.45, 7) is 5.31. The maximum atomic E-state index is 15.6. The summed E-state index contributed by atoms with van der Waals surface area (Å²) in [6, 6.07) is 16.2. The minimum Gasteiger partial charge on any atom is -0.384 e. The molecule has 1 aliphatic carbocycles. The third kappa shape index (κ3) is 6.75. The zero-order valence-corrected chi connectivity index (χ0v) is 27.1. The second-order valence-electron chi connectivity index (χ2n) is 13.0. The quantitative estimate of drug-likeness (QED) is 0.117. The average molecular weight is 635 g/mol. The van der Waals surface area contributed by atoms with E-state index >= 15 is 4.39 Å². The number of aromatic nitrogens is 5. The summed E-state index contributed by atoms with van der Waals surface area (Å²) in [7, 11) is 3.99. The molecule has 0 atom stereocenters. The first-order valence-electron chi connectivity index (χ1n) is 16.3. The van der Waals surface area contributed by atoms with Gasteiger partial charge in [-0.1, -0.05) is 30.5 Å². The van der Waals surface area contributed by atoms with Crippen molar-refractivity contribution in [3.05, 3.63) is 83.6 Å². The Balaban J connectivity index is 1.21. The molecular formula is C37H40F2N8. The van der Waals surface area contributed by atoms with Gasteiger partial charge in [0, 0.05) is 54.1 Å². The molecule has 8 nitrogen and oxygen atoms in total. The Morgan fingerprint density at radius 2 is 1.79 bits per heavy atom. The van der Waals surface area contributed by atoms with Gasteiger partial charge in [-0.2, -0.15) is 5.10 Å². The van der Waals surface area contributed by atoms with Gasteiger partial charge in [0.05, 0.1) is 16.7 Å². The summed E-state index contributed by atoms with van der Waals surface area (Å²) in [5, 5.41) is 15.2. The Morgan fingerprint density at radius 3 is 2.62 bits per heavy atom. The first kappa shape index (κ1) is 31.0. The van der Waals surface area contributed by atoms with Crippen LogP contribution in [0.15, 0.2) is 60.8 Å². The number of aryl methyl sites for hydroxylation is 1. The lowest BCUT2D eigenvalue weighted by atomic mass is 9.98. The maximum absolute atomic E-state index is 15.6. The third-order valence-corrected chi connectivity index (χ3v) is 9.02. The third-order valence-electron chi connectivity index (χ3n) is 9.02. The molecule has 1 fully saturated rings. The van der Waals surface area contributed by atoms with E-state index in [0.29, 0.717) is 51.6 Å². The van der Waals surface area contributed by atoms with Gasteiger partial charge in [0.2, 0.25) is 0 Å². The Bertz CT molecular complexity index is 2040. The molecule has 7 rings (SSSR count). The van der Waals surface area contributed by atoms with Crippen LogP contribution in [0.1, 0.15) is 36.8 Å². The highest BCUT2D eigenvalue weighted by Gasteiger charge is 2.19. The highest BCUT2D eigenvalue weighted by atomic mass is 19.1. The van der Waals surface area contributed by atoms with Crippen LogP contribution in [0, 0.1) is 24.5 Å².